The van der Waals surface area contributed by atoms with Crippen LogP contribution in [0.5, 0.6) is 0 Å². The maximum absolute atomic E-state index is 13.6. The minimum absolute atomic E-state index is 0.205. The van der Waals surface area contributed by atoms with Crippen LogP contribution in [0.2, 0.25) is 0 Å². The molecule has 148 valence electrons. The molecule has 29 heavy (non-hydrogen) atoms. The van der Waals surface area contributed by atoms with E-state index in [0.717, 1.165) is 22.2 Å². The second kappa shape index (κ2) is 8.91. The smallest absolute Gasteiger partial charge is 0.340 e. The Morgan fingerprint density at radius 3 is 2.59 bits per heavy atom. The molecule has 0 fully saturated rings. The number of pyridine rings is 1. The summed E-state index contributed by atoms with van der Waals surface area (Å²) in [4.78, 5) is 28.5. The van der Waals surface area contributed by atoms with Gasteiger partial charge in [-0.1, -0.05) is 28.1 Å². The van der Waals surface area contributed by atoms with Gasteiger partial charge in [0.15, 0.2) is 6.61 Å². The van der Waals surface area contributed by atoms with Crippen LogP contribution in [0.3, 0.4) is 0 Å². The predicted molar refractivity (Wildman–Crippen MR) is 107 cm³/mol. The van der Waals surface area contributed by atoms with Gasteiger partial charge in [0, 0.05) is 16.1 Å². The number of rotatable bonds is 5. The zero-order valence-corrected chi connectivity index (χ0v) is 16.8. The molecular formula is C21H15BrF2N2O3. The lowest BCUT2D eigenvalue weighted by molar-refractivity contribution is -0.119. The number of aryl methyl sites for hydroxylation is 1. The van der Waals surface area contributed by atoms with Crippen LogP contribution in [0.25, 0.3) is 11.3 Å². The summed E-state index contributed by atoms with van der Waals surface area (Å²) in [5.41, 5.74) is 2.01. The van der Waals surface area contributed by atoms with Crippen LogP contribution < -0.4 is 5.32 Å². The van der Waals surface area contributed by atoms with E-state index in [-0.39, 0.29) is 11.3 Å². The molecule has 1 amide bonds. The fourth-order valence-electron chi connectivity index (χ4n) is 2.57. The Bertz CT molecular complexity index is 1090. The van der Waals surface area contributed by atoms with E-state index in [1.54, 1.807) is 19.1 Å². The van der Waals surface area contributed by atoms with Gasteiger partial charge in [-0.25, -0.2) is 13.6 Å². The molecule has 0 saturated heterocycles. The number of carbonyl (C=O) groups excluding carboxylic acids is 2. The van der Waals surface area contributed by atoms with Crippen molar-refractivity contribution >= 4 is 33.5 Å². The van der Waals surface area contributed by atoms with Crippen molar-refractivity contribution in [1.29, 1.82) is 0 Å². The third-order valence-corrected chi connectivity index (χ3v) is 4.46. The number of benzene rings is 2. The third kappa shape index (κ3) is 5.23. The van der Waals surface area contributed by atoms with E-state index in [0.29, 0.717) is 17.5 Å². The number of esters is 1. The maximum atomic E-state index is 13.6. The van der Waals surface area contributed by atoms with Crippen LogP contribution >= 0.6 is 15.9 Å². The normalized spacial score (nSPS) is 10.5. The summed E-state index contributed by atoms with van der Waals surface area (Å²) in [7, 11) is 0. The lowest BCUT2D eigenvalue weighted by atomic mass is 10.1. The topological polar surface area (TPSA) is 68.3 Å². The summed E-state index contributed by atoms with van der Waals surface area (Å²) in [6, 6.07) is 13.5. The first-order valence-electron chi connectivity index (χ1n) is 8.49. The number of aromatic nitrogens is 1. The first-order valence-corrected chi connectivity index (χ1v) is 9.28. The van der Waals surface area contributed by atoms with Crippen molar-refractivity contribution in [1.82, 2.24) is 4.98 Å². The van der Waals surface area contributed by atoms with Crippen LogP contribution in [0.4, 0.5) is 14.5 Å². The molecule has 0 unspecified atom stereocenters. The molecule has 0 aliphatic carbocycles. The zero-order valence-electron chi connectivity index (χ0n) is 15.2. The Labute approximate surface area is 173 Å². The van der Waals surface area contributed by atoms with Crippen LogP contribution in [0.15, 0.2) is 59.1 Å². The predicted octanol–water partition coefficient (Wildman–Crippen LogP) is 4.89. The molecule has 0 atom stereocenters. The summed E-state index contributed by atoms with van der Waals surface area (Å²) < 4.78 is 32.3. The summed E-state index contributed by atoms with van der Waals surface area (Å²) in [5.74, 6) is -3.17. The number of hydrogen-bond acceptors (Lipinski definition) is 4. The molecule has 1 heterocycles. The first kappa shape index (κ1) is 20.6. The van der Waals surface area contributed by atoms with Gasteiger partial charge < -0.3 is 10.1 Å². The molecule has 0 spiro atoms. The van der Waals surface area contributed by atoms with Crippen LogP contribution in [-0.2, 0) is 9.53 Å². The number of nitrogens with one attached hydrogen (secondary N) is 1. The third-order valence-electron chi connectivity index (χ3n) is 3.97. The molecule has 0 aliphatic rings. The molecule has 8 heteroatoms. The molecule has 1 N–H and O–H groups in total. The van der Waals surface area contributed by atoms with Gasteiger partial charge in [0.1, 0.15) is 11.6 Å². The average Bonchev–Trinajstić information content (AvgIpc) is 2.68. The van der Waals surface area contributed by atoms with Gasteiger partial charge in [0.2, 0.25) is 0 Å². The van der Waals surface area contributed by atoms with Crippen molar-refractivity contribution in [2.45, 2.75) is 6.92 Å². The SMILES string of the molecule is Cc1nc(-c2cccc(Br)c2)ccc1C(=O)OCC(=O)Nc1ccc(F)cc1F. The molecule has 1 aromatic heterocycles. The van der Waals surface area contributed by atoms with E-state index < -0.39 is 30.1 Å². The van der Waals surface area contributed by atoms with E-state index in [1.807, 2.05) is 24.3 Å². The molecule has 3 aromatic rings. The van der Waals surface area contributed by atoms with Crippen molar-refractivity contribution in [3.8, 4) is 11.3 Å². The molecule has 0 aliphatic heterocycles. The Kier molecular flexibility index (Phi) is 6.33. The highest BCUT2D eigenvalue weighted by molar-refractivity contribution is 9.10. The minimum atomic E-state index is -0.923. The maximum Gasteiger partial charge on any atom is 0.340 e. The van der Waals surface area contributed by atoms with E-state index in [4.69, 9.17) is 4.74 Å². The van der Waals surface area contributed by atoms with Gasteiger partial charge in [-0.05, 0) is 43.3 Å². The standard InChI is InChI=1S/C21H15BrF2N2O3/c1-12-16(6-8-18(25-12)13-3-2-4-14(22)9-13)21(28)29-11-20(27)26-19-7-5-15(23)10-17(19)24/h2-10H,11H2,1H3,(H,26,27). The number of halogens is 3. The largest absolute Gasteiger partial charge is 0.452 e. The number of hydrogen-bond donors (Lipinski definition) is 1. The molecule has 3 rings (SSSR count). The van der Waals surface area contributed by atoms with Gasteiger partial charge >= 0.3 is 5.97 Å². The van der Waals surface area contributed by atoms with E-state index >= 15 is 0 Å². The molecule has 0 saturated carbocycles. The molecular weight excluding hydrogens is 446 g/mol. The lowest BCUT2D eigenvalue weighted by Gasteiger charge is -2.10. The Morgan fingerprint density at radius 2 is 1.90 bits per heavy atom. The van der Waals surface area contributed by atoms with E-state index in [1.165, 1.54) is 0 Å². The monoisotopic (exact) mass is 460 g/mol. The second-order valence-corrected chi connectivity index (χ2v) is 7.00. The van der Waals surface area contributed by atoms with Crippen LogP contribution in [-0.4, -0.2) is 23.5 Å². The summed E-state index contributed by atoms with van der Waals surface area (Å²) in [6.07, 6.45) is 0. The lowest BCUT2D eigenvalue weighted by Crippen LogP contribution is -2.22. The number of anilines is 1. The van der Waals surface area contributed by atoms with E-state index in [9.17, 15) is 18.4 Å². The molecule has 0 bridgehead atoms. The first-order chi connectivity index (χ1) is 13.8. The van der Waals surface area contributed by atoms with Gasteiger partial charge in [0.05, 0.1) is 22.6 Å². The van der Waals surface area contributed by atoms with Crippen molar-refractivity contribution < 1.29 is 23.1 Å². The highest BCUT2D eigenvalue weighted by Gasteiger charge is 2.15. The fraction of sp³-hybridized carbons (Fsp3) is 0.0952. The van der Waals surface area contributed by atoms with Crippen molar-refractivity contribution in [3.63, 3.8) is 0 Å². The average molecular weight is 461 g/mol. The van der Waals surface area contributed by atoms with Crippen LogP contribution in [0.1, 0.15) is 16.1 Å². The molecule has 0 radical (unpaired) electrons. The number of carbonyl (C=O) groups is 2. The summed E-state index contributed by atoms with van der Waals surface area (Å²) >= 11 is 3.40. The number of ether oxygens (including phenoxy) is 1. The highest BCUT2D eigenvalue weighted by atomic mass is 79.9. The van der Waals surface area contributed by atoms with Gasteiger partial charge in [-0.3, -0.25) is 9.78 Å². The fourth-order valence-corrected chi connectivity index (χ4v) is 2.97. The van der Waals surface area contributed by atoms with Gasteiger partial charge in [-0.2, -0.15) is 0 Å². The Hall–Kier alpha value is -3.13. The van der Waals surface area contributed by atoms with Crippen LogP contribution in [0, 0.1) is 18.6 Å². The van der Waals surface area contributed by atoms with E-state index in [2.05, 4.69) is 26.2 Å². The van der Waals surface area contributed by atoms with Crippen molar-refractivity contribution in [3.05, 3.63) is 82.0 Å². The minimum Gasteiger partial charge on any atom is -0.452 e. The Morgan fingerprint density at radius 1 is 1.10 bits per heavy atom. The molecule has 5 nitrogen and oxygen atoms in total. The quantitative estimate of drug-likeness (QED) is 0.550. The Balaban J connectivity index is 1.64. The van der Waals surface area contributed by atoms with Gasteiger partial charge in [0.25, 0.3) is 5.91 Å². The summed E-state index contributed by atoms with van der Waals surface area (Å²) in [6.45, 7) is 1.04. The highest BCUT2D eigenvalue weighted by Crippen LogP contribution is 2.23. The number of amides is 1. The number of nitrogens with zero attached hydrogens (tertiary/aromatic N) is 1. The van der Waals surface area contributed by atoms with Crippen molar-refractivity contribution in [2.24, 2.45) is 0 Å². The zero-order chi connectivity index (χ0) is 21.0. The van der Waals surface area contributed by atoms with Crippen molar-refractivity contribution in [2.75, 3.05) is 11.9 Å². The second-order valence-electron chi connectivity index (χ2n) is 6.09. The van der Waals surface area contributed by atoms with Gasteiger partial charge in [-0.15, -0.1) is 0 Å². The molecule has 2 aromatic carbocycles. The summed E-state index contributed by atoms with van der Waals surface area (Å²) in [5, 5.41) is 2.22.